The second-order valence-corrected chi connectivity index (χ2v) is 25.3. The van der Waals surface area contributed by atoms with E-state index in [0.29, 0.717) is 0 Å². The minimum Gasteiger partial charge on any atom is -0.493 e. The van der Waals surface area contributed by atoms with Crippen LogP contribution in [-0.2, 0) is 55.0 Å². The minimum absolute atomic E-state index is 0. The monoisotopic (exact) mass is 1200 g/mol. The molecule has 0 aliphatic carbocycles. The first-order chi connectivity index (χ1) is 40.9. The van der Waals surface area contributed by atoms with Crippen LogP contribution in [0.3, 0.4) is 0 Å². The second-order valence-electron chi connectivity index (χ2n) is 25.3. The molecule has 0 N–H and O–H groups in total. The molecule has 3 heteroatoms. The summed E-state index contributed by atoms with van der Waals surface area (Å²) >= 11 is 0. The van der Waals surface area contributed by atoms with E-state index in [1.54, 1.807) is 51.9 Å². The number of allylic oxidation sites excluding steroid dienone is 4. The van der Waals surface area contributed by atoms with E-state index in [2.05, 4.69) is 106 Å². The van der Waals surface area contributed by atoms with E-state index in [-0.39, 0.29) is 16.5 Å². The van der Waals surface area contributed by atoms with Gasteiger partial charge in [0.2, 0.25) is 11.4 Å². The van der Waals surface area contributed by atoms with Crippen LogP contribution in [0.15, 0.2) is 47.6 Å². The molecule has 486 valence electrons. The van der Waals surface area contributed by atoms with E-state index in [0.717, 1.165) is 62.8 Å². The first-order valence-corrected chi connectivity index (χ1v) is 37.3. The molecule has 1 heterocycles. The van der Waals surface area contributed by atoms with Crippen LogP contribution >= 0.6 is 0 Å². The number of hydrogen-bond acceptors (Lipinski definition) is 0. The van der Waals surface area contributed by atoms with Crippen molar-refractivity contribution < 1.29 is 21.2 Å². The van der Waals surface area contributed by atoms with E-state index in [1.165, 1.54) is 298 Å². The van der Waals surface area contributed by atoms with Gasteiger partial charge >= 0.3 is 16.5 Å². The molecule has 2 aromatic rings. The van der Waals surface area contributed by atoms with Crippen molar-refractivity contribution in [2.24, 2.45) is 0 Å². The molecule has 2 aromatic carbocycles. The zero-order valence-corrected chi connectivity index (χ0v) is 59.1. The Morgan fingerprint density at radius 2 is 0.560 bits per heavy atom. The molecule has 3 rings (SSSR count). The molecule has 2 nitrogen and oxygen atoms in total. The summed E-state index contributed by atoms with van der Waals surface area (Å²) in [7, 11) is 0. The van der Waals surface area contributed by atoms with Crippen LogP contribution in [0.4, 0.5) is 0 Å². The van der Waals surface area contributed by atoms with Crippen molar-refractivity contribution in [2.75, 3.05) is 0 Å². The summed E-state index contributed by atoms with van der Waals surface area (Å²) in [6, 6.07) is 10.3. The van der Waals surface area contributed by atoms with Crippen molar-refractivity contribution >= 4 is 11.4 Å². The van der Waals surface area contributed by atoms with Crippen LogP contribution in [0.5, 0.6) is 0 Å². The van der Waals surface area contributed by atoms with Crippen molar-refractivity contribution in [2.45, 2.75) is 397 Å². The van der Waals surface area contributed by atoms with E-state index in [4.69, 9.17) is 0 Å². The molecule has 0 saturated heterocycles. The van der Waals surface area contributed by atoms with E-state index >= 15 is 0 Å². The van der Waals surface area contributed by atoms with Crippen LogP contribution in [0.25, 0.3) is 16.9 Å². The number of hydrogen-bond donors (Lipinski definition) is 0. The first-order valence-electron chi connectivity index (χ1n) is 37.3. The molecular weight excluding hydrogens is 1060 g/mol. The third kappa shape index (κ3) is 35.1. The molecule has 0 radical (unpaired) electrons. The minimum atomic E-state index is 0. The number of rotatable bonds is 54. The number of benzene rings is 2. The Hall–Kier alpha value is -2.25. The Morgan fingerprint density at radius 3 is 0.857 bits per heavy atom. The number of aryl methyl sites for hydroxylation is 4. The van der Waals surface area contributed by atoms with Crippen molar-refractivity contribution in [3.63, 3.8) is 0 Å². The smallest absolute Gasteiger partial charge is 0.493 e. The summed E-state index contributed by atoms with van der Waals surface area (Å²) < 4.78 is 1.74. The third-order valence-electron chi connectivity index (χ3n) is 18.0. The van der Waals surface area contributed by atoms with Gasteiger partial charge in [-0.3, -0.25) is 0 Å². The third-order valence-corrected chi connectivity index (χ3v) is 18.0. The Bertz CT molecular complexity index is 1880. The molecule has 1 aliphatic rings. The maximum absolute atomic E-state index is 13.3. The maximum Gasteiger partial charge on any atom is 2.00 e. The maximum atomic E-state index is 13.3. The summed E-state index contributed by atoms with van der Waals surface area (Å²) in [6.45, 7) is 28.7. The van der Waals surface area contributed by atoms with Gasteiger partial charge in [0, 0.05) is 16.7 Å². The number of unbranched alkanes of at least 4 members (excludes halogenated alkanes) is 36. The van der Waals surface area contributed by atoms with Gasteiger partial charge in [-0.1, -0.05) is 292 Å². The van der Waals surface area contributed by atoms with Crippen molar-refractivity contribution in [3.8, 4) is 0 Å². The number of nitrogens with zero attached hydrogens (tertiary/aromatic N) is 2. The normalized spacial score (nSPS) is 12.4. The Kier molecular flexibility index (Phi) is 56.9. The molecule has 0 unspecified atom stereocenters. The van der Waals surface area contributed by atoms with Crippen LogP contribution in [-0.4, -0.2) is 4.70 Å². The average Bonchev–Trinajstić information content (AvgIpc) is 2.25. The first kappa shape index (κ1) is 81.8. The Labute approximate surface area is 537 Å². The van der Waals surface area contributed by atoms with Crippen LogP contribution < -0.4 is 0 Å². The zero-order chi connectivity index (χ0) is 60.8. The Balaban J connectivity index is 0.0000135. The molecule has 0 saturated carbocycles. The predicted octanol–water partition coefficient (Wildman–Crippen LogP) is 28.1. The van der Waals surface area contributed by atoms with Crippen molar-refractivity contribution in [1.82, 2.24) is 0 Å². The quantitative estimate of drug-likeness (QED) is 0.0273. The van der Waals surface area contributed by atoms with E-state index in [1.807, 2.05) is 0 Å². The topological polar surface area (TPSA) is 25.3 Å². The fourth-order valence-electron chi connectivity index (χ4n) is 13.0. The van der Waals surface area contributed by atoms with Gasteiger partial charge < -0.3 is 19.4 Å². The van der Waals surface area contributed by atoms with Crippen molar-refractivity contribution in [3.05, 3.63) is 111 Å². The Morgan fingerprint density at radius 1 is 0.310 bits per heavy atom. The molecule has 84 heavy (non-hydrogen) atoms. The molecule has 0 spiro atoms. The standard InChI is InChI=1S/C77H132N2.2C2H5.Ni/c1-9-17-25-26-27-28-29-30-31-32-33-34-35-36-37-38-39-40-41-42-43-44-45-46-53-61-75-74(58-24-16-8)76(70-62-66(54-47-18-10-2)72(59-51-22-14-6)67(63-70)55-48-19-11-3)79(78)77(75)71-64-68(56-49-20-12-4)73(60-52-23-15-7)69(65-71)57-50-21-13-5;2*1-2;/h53,61-65H,9-52,54-60H2,1-8H3;2*1H2,2H3;/q;2*-1;+2. The fourth-order valence-corrected chi connectivity index (χ4v) is 13.0. The van der Waals surface area contributed by atoms with Crippen molar-refractivity contribution in [1.29, 1.82) is 0 Å². The van der Waals surface area contributed by atoms with Gasteiger partial charge in [-0.15, -0.1) is 0 Å². The second kappa shape index (κ2) is 58.4. The summed E-state index contributed by atoms with van der Waals surface area (Å²) in [4.78, 5) is 0. The van der Waals surface area contributed by atoms with Gasteiger partial charge in [0.25, 0.3) is 0 Å². The van der Waals surface area contributed by atoms with Gasteiger partial charge in [0.1, 0.15) is 0 Å². The molecule has 0 atom stereocenters. The molecule has 1 aliphatic heterocycles. The fraction of sp³-hybridized carbons (Fsp3) is 0.753. The van der Waals surface area contributed by atoms with Crippen LogP contribution in [0.1, 0.15) is 403 Å². The van der Waals surface area contributed by atoms with Gasteiger partial charge in [-0.25, -0.2) is 4.70 Å². The van der Waals surface area contributed by atoms with Gasteiger partial charge in [0.15, 0.2) is 0 Å². The predicted molar refractivity (Wildman–Crippen MR) is 377 cm³/mol. The van der Waals surface area contributed by atoms with Gasteiger partial charge in [-0.05, 0) is 160 Å². The van der Waals surface area contributed by atoms with Crippen LogP contribution in [0, 0.1) is 13.8 Å². The van der Waals surface area contributed by atoms with E-state index < -0.39 is 0 Å². The summed E-state index contributed by atoms with van der Waals surface area (Å²) in [5.74, 6) is 0. The summed E-state index contributed by atoms with van der Waals surface area (Å²) in [5, 5.41) is 0. The zero-order valence-electron chi connectivity index (χ0n) is 58.2. The molecule has 0 aromatic heterocycles. The molecule has 0 bridgehead atoms. The summed E-state index contributed by atoms with van der Waals surface area (Å²) in [5.41, 5.74) is 30.0. The average molecular weight is 1200 g/mol. The van der Waals surface area contributed by atoms with E-state index in [9.17, 15) is 5.53 Å². The van der Waals surface area contributed by atoms with Gasteiger partial charge in [-0.2, -0.15) is 13.8 Å². The molecular formula is C81H142N2Ni. The van der Waals surface area contributed by atoms with Crippen LogP contribution in [0.2, 0.25) is 0 Å². The summed E-state index contributed by atoms with van der Waals surface area (Å²) in [6.07, 6.45) is 71.7. The molecule has 0 amide bonds. The molecule has 0 fully saturated rings. The van der Waals surface area contributed by atoms with Gasteiger partial charge in [0.05, 0.1) is 5.57 Å². The SMILES string of the molecule is CCCCCCCCCCCCCCCCCCCCCCCCCC=CC1=C(c2cc(CCCCC)c(CCCCC)c(CCCCC)c2)[N+](=[N-])C(c2cc(CCCCC)c(CCCCC)c(CCCCC)c2)=C1CCCC.[CH2-]C.[CH2-]C.[Ni+2]. The largest absolute Gasteiger partial charge is 2.00 e.